The van der Waals surface area contributed by atoms with Crippen molar-refractivity contribution < 1.29 is 23.9 Å². The first-order chi connectivity index (χ1) is 24.4. The lowest BCUT2D eigenvalue weighted by Gasteiger charge is -2.67. The van der Waals surface area contributed by atoms with Gasteiger partial charge in [-0.1, -0.05) is 72.8 Å². The molecule has 2 amide bonds. The van der Waals surface area contributed by atoms with Crippen LogP contribution in [-0.4, -0.2) is 55.2 Å². The van der Waals surface area contributed by atoms with Crippen molar-refractivity contribution in [3.05, 3.63) is 95.6 Å². The van der Waals surface area contributed by atoms with Crippen molar-refractivity contribution in [3.63, 3.8) is 0 Å². The monoisotopic (exact) mass is 705 g/mol. The first kappa shape index (κ1) is 33.9. The number of alkyl halides is 1. The fourth-order valence-corrected chi connectivity index (χ4v) is 9.16. The van der Waals surface area contributed by atoms with E-state index in [2.05, 4.69) is 59.2 Å². The smallest absolute Gasteiger partial charge is 0.312 e. The van der Waals surface area contributed by atoms with E-state index in [1.54, 1.807) is 0 Å². The van der Waals surface area contributed by atoms with Crippen molar-refractivity contribution in [1.29, 1.82) is 0 Å². The molecule has 0 radical (unpaired) electrons. The number of rotatable bonds is 10. The summed E-state index contributed by atoms with van der Waals surface area (Å²) in [5.41, 5.74) is 5.76. The molecule has 9 rings (SSSR count). The summed E-state index contributed by atoms with van der Waals surface area (Å²) in [7, 11) is 0. The molecule has 8 nitrogen and oxygen atoms in total. The number of ether oxygens (including phenoxy) is 2. The molecule has 51 heavy (non-hydrogen) atoms. The van der Waals surface area contributed by atoms with Gasteiger partial charge in [-0.3, -0.25) is 19.7 Å². The van der Waals surface area contributed by atoms with E-state index in [9.17, 15) is 14.4 Å². The summed E-state index contributed by atoms with van der Waals surface area (Å²) in [6, 6.07) is 26.2. The summed E-state index contributed by atoms with van der Waals surface area (Å²) < 4.78 is 11.8. The SMILES string of the molecule is CC(NCOCC1c2ccccc2-c2ccccc21)C(=O)Nc1cc2c(c3ccccc13)C(CCl)CN2C(=O)C12CC(C(=O)OC(C)(C)C)(C1)C2. The second-order valence-corrected chi connectivity index (χ2v) is 16.2. The van der Waals surface area contributed by atoms with Gasteiger partial charge in [0.05, 0.1) is 35.9 Å². The van der Waals surface area contributed by atoms with Crippen LogP contribution < -0.4 is 15.5 Å². The van der Waals surface area contributed by atoms with E-state index in [4.69, 9.17) is 21.1 Å². The van der Waals surface area contributed by atoms with Gasteiger partial charge in [0.15, 0.2) is 0 Å². The number of esters is 1. The Hall–Kier alpha value is -4.24. The Morgan fingerprint density at radius 3 is 2.14 bits per heavy atom. The van der Waals surface area contributed by atoms with Crippen molar-refractivity contribution >= 4 is 51.5 Å². The van der Waals surface area contributed by atoms with Crippen molar-refractivity contribution in [1.82, 2.24) is 5.32 Å². The van der Waals surface area contributed by atoms with Crippen molar-refractivity contribution in [2.24, 2.45) is 10.8 Å². The molecule has 0 spiro atoms. The Balaban J connectivity index is 0.957. The highest BCUT2D eigenvalue weighted by Gasteiger charge is 2.76. The number of carbonyl (C=O) groups is 3. The van der Waals surface area contributed by atoms with Gasteiger partial charge in [0.25, 0.3) is 0 Å². The molecule has 4 aromatic rings. The fraction of sp³-hybridized carbons (Fsp3) is 0.405. The third kappa shape index (κ3) is 5.63. The van der Waals surface area contributed by atoms with Crippen LogP contribution in [0.2, 0.25) is 0 Å². The number of hydrogen-bond acceptors (Lipinski definition) is 6. The van der Waals surface area contributed by atoms with Crippen molar-refractivity contribution in [2.45, 2.75) is 70.4 Å². The Labute approximate surface area is 303 Å². The Morgan fingerprint density at radius 1 is 0.902 bits per heavy atom. The zero-order valence-corrected chi connectivity index (χ0v) is 30.3. The van der Waals surface area contributed by atoms with Gasteiger partial charge in [-0.05, 0) is 86.2 Å². The number of benzene rings is 4. The molecule has 1 aliphatic heterocycles. The van der Waals surface area contributed by atoms with Crippen LogP contribution in [0.5, 0.6) is 0 Å². The molecule has 2 N–H and O–H groups in total. The predicted molar refractivity (Wildman–Crippen MR) is 200 cm³/mol. The molecule has 2 atom stereocenters. The average molecular weight is 706 g/mol. The lowest BCUT2D eigenvalue weighted by Crippen LogP contribution is -2.71. The molecular formula is C42H44ClN3O5. The van der Waals surface area contributed by atoms with Crippen LogP contribution in [-0.2, 0) is 23.9 Å². The second-order valence-electron chi connectivity index (χ2n) is 15.9. The summed E-state index contributed by atoms with van der Waals surface area (Å²) in [6.07, 6.45) is 1.52. The minimum atomic E-state index is -0.567. The van der Waals surface area contributed by atoms with Crippen molar-refractivity contribution in [2.75, 3.05) is 36.0 Å². The normalized spacial score (nSPS) is 23.5. The standard InChI is InChI=1S/C42H44ClN3O5/c1-25(44-24-50-20-33-29-13-7-5-11-27(29)28-12-6-8-14-30(28)33)37(47)45-34-17-35-36(32-16-10-9-15-31(32)34)26(18-43)19-46(35)38(48)41-21-42(22-41,23-41)39(49)51-40(2,3)4/h5-17,25-26,33,44H,18-24H2,1-4H3,(H,45,47). The van der Waals surface area contributed by atoms with Gasteiger partial charge in [0, 0.05) is 35.3 Å². The quantitative estimate of drug-likeness (QED) is 0.0759. The summed E-state index contributed by atoms with van der Waals surface area (Å²) in [6.45, 7) is 8.59. The highest BCUT2D eigenvalue weighted by Crippen LogP contribution is 2.74. The number of halogens is 1. The fourth-order valence-electron chi connectivity index (χ4n) is 8.90. The molecular weight excluding hydrogens is 662 g/mol. The van der Waals surface area contributed by atoms with Crippen LogP contribution in [0.4, 0.5) is 11.4 Å². The molecule has 0 aromatic heterocycles. The third-order valence-corrected chi connectivity index (χ3v) is 11.7. The molecule has 2 bridgehead atoms. The van der Waals surface area contributed by atoms with E-state index in [-0.39, 0.29) is 36.4 Å². The Morgan fingerprint density at radius 2 is 1.51 bits per heavy atom. The van der Waals surface area contributed by atoms with E-state index in [0.29, 0.717) is 44.0 Å². The summed E-state index contributed by atoms with van der Waals surface area (Å²) >= 11 is 6.53. The van der Waals surface area contributed by atoms with Gasteiger partial charge in [-0.25, -0.2) is 0 Å². The number of anilines is 2. The molecule has 4 aliphatic carbocycles. The second kappa shape index (κ2) is 12.5. The molecule has 0 saturated heterocycles. The summed E-state index contributed by atoms with van der Waals surface area (Å²) in [5, 5.41) is 8.24. The number of nitrogens with zero attached hydrogens (tertiary/aromatic N) is 1. The van der Waals surface area contributed by atoms with Crippen LogP contribution in [0.3, 0.4) is 0 Å². The Kier molecular flexibility index (Phi) is 8.28. The minimum Gasteiger partial charge on any atom is -0.460 e. The lowest BCUT2D eigenvalue weighted by atomic mass is 9.34. The van der Waals surface area contributed by atoms with Crippen LogP contribution in [0.25, 0.3) is 21.9 Å². The zero-order valence-electron chi connectivity index (χ0n) is 29.6. The van der Waals surface area contributed by atoms with E-state index >= 15 is 0 Å². The van der Waals surface area contributed by atoms with Crippen LogP contribution in [0.15, 0.2) is 78.9 Å². The van der Waals surface area contributed by atoms with Crippen LogP contribution in [0, 0.1) is 10.8 Å². The first-order valence-corrected chi connectivity index (χ1v) is 18.4. The number of fused-ring (bicyclic) bond motifs is 6. The molecule has 5 aliphatic rings. The van der Waals surface area contributed by atoms with Gasteiger partial charge >= 0.3 is 5.97 Å². The van der Waals surface area contributed by atoms with E-state index in [0.717, 1.165) is 22.0 Å². The first-order valence-electron chi connectivity index (χ1n) is 17.9. The maximum Gasteiger partial charge on any atom is 0.312 e. The number of hydrogen-bond donors (Lipinski definition) is 2. The summed E-state index contributed by atoms with van der Waals surface area (Å²) in [5.74, 6) is 0.0577. The topological polar surface area (TPSA) is 97.0 Å². The molecule has 2 unspecified atom stereocenters. The summed E-state index contributed by atoms with van der Waals surface area (Å²) in [4.78, 5) is 42.6. The number of carbonyl (C=O) groups excluding carboxylic acids is 3. The van der Waals surface area contributed by atoms with E-state index in [1.807, 2.05) is 62.9 Å². The van der Waals surface area contributed by atoms with E-state index < -0.39 is 22.5 Å². The van der Waals surface area contributed by atoms with Crippen LogP contribution >= 0.6 is 11.6 Å². The number of nitrogens with one attached hydrogen (secondary N) is 2. The molecule has 4 aromatic carbocycles. The highest BCUT2D eigenvalue weighted by atomic mass is 35.5. The zero-order chi connectivity index (χ0) is 35.7. The highest BCUT2D eigenvalue weighted by molar-refractivity contribution is 6.19. The van der Waals surface area contributed by atoms with Crippen molar-refractivity contribution in [3.8, 4) is 11.1 Å². The minimum absolute atomic E-state index is 0.0223. The predicted octanol–water partition coefficient (Wildman–Crippen LogP) is 7.72. The van der Waals surface area contributed by atoms with Gasteiger partial charge in [0.2, 0.25) is 11.8 Å². The van der Waals surface area contributed by atoms with Crippen LogP contribution in [0.1, 0.15) is 75.5 Å². The molecule has 264 valence electrons. The maximum atomic E-state index is 14.2. The molecule has 9 heteroatoms. The number of amides is 2. The third-order valence-electron chi connectivity index (χ3n) is 11.3. The molecule has 3 fully saturated rings. The van der Waals surface area contributed by atoms with Gasteiger partial charge in [0.1, 0.15) is 5.60 Å². The van der Waals surface area contributed by atoms with Gasteiger partial charge < -0.3 is 19.7 Å². The largest absolute Gasteiger partial charge is 0.460 e. The average Bonchev–Trinajstić information content (AvgIpc) is 3.60. The lowest BCUT2D eigenvalue weighted by molar-refractivity contribution is -0.230. The molecule has 1 heterocycles. The molecule has 3 saturated carbocycles. The van der Waals surface area contributed by atoms with E-state index in [1.165, 1.54) is 22.3 Å². The maximum absolute atomic E-state index is 14.2. The van der Waals surface area contributed by atoms with Gasteiger partial charge in [-0.2, -0.15) is 0 Å². The van der Waals surface area contributed by atoms with Gasteiger partial charge in [-0.15, -0.1) is 11.6 Å². The Bertz CT molecular complexity index is 2010.